The standard InChI is InChI=1S/C15H24N2O/c1-11(2)12-5-7-13(8-6-12)14(17-16)15(3)9-4-10-18-15/h5-8,11,14,17H,4,9-10,16H2,1-3H3. The van der Waals surface area contributed by atoms with Crippen LogP contribution >= 0.6 is 0 Å². The zero-order valence-electron chi connectivity index (χ0n) is 11.6. The van der Waals surface area contributed by atoms with Crippen molar-refractivity contribution >= 4 is 0 Å². The second kappa shape index (κ2) is 5.39. The average molecular weight is 248 g/mol. The van der Waals surface area contributed by atoms with Crippen LogP contribution in [0.1, 0.15) is 56.7 Å². The summed E-state index contributed by atoms with van der Waals surface area (Å²) in [7, 11) is 0. The number of ether oxygens (including phenoxy) is 1. The van der Waals surface area contributed by atoms with Crippen molar-refractivity contribution in [1.82, 2.24) is 5.43 Å². The molecule has 1 aliphatic rings. The lowest BCUT2D eigenvalue weighted by Gasteiger charge is -2.33. The molecule has 1 saturated heterocycles. The fourth-order valence-corrected chi connectivity index (χ4v) is 2.73. The zero-order valence-corrected chi connectivity index (χ0v) is 11.6. The highest BCUT2D eigenvalue weighted by molar-refractivity contribution is 5.28. The molecule has 1 aromatic carbocycles. The van der Waals surface area contributed by atoms with E-state index in [0.717, 1.165) is 19.4 Å². The first-order valence-electron chi connectivity index (χ1n) is 6.77. The minimum absolute atomic E-state index is 0.0567. The van der Waals surface area contributed by atoms with Crippen LogP contribution in [-0.2, 0) is 4.74 Å². The van der Waals surface area contributed by atoms with Crippen molar-refractivity contribution in [3.8, 4) is 0 Å². The third kappa shape index (κ3) is 2.58. The summed E-state index contributed by atoms with van der Waals surface area (Å²) in [5.74, 6) is 6.29. The molecule has 2 atom stereocenters. The lowest BCUT2D eigenvalue weighted by molar-refractivity contribution is -0.0125. The van der Waals surface area contributed by atoms with Crippen LogP contribution in [0.3, 0.4) is 0 Å². The van der Waals surface area contributed by atoms with Gasteiger partial charge in [-0.3, -0.25) is 11.3 Å². The second-order valence-electron chi connectivity index (χ2n) is 5.69. The molecule has 1 aliphatic heterocycles. The average Bonchev–Trinajstić information content (AvgIpc) is 2.78. The summed E-state index contributed by atoms with van der Waals surface area (Å²) in [5.41, 5.74) is 5.29. The molecule has 3 N–H and O–H groups in total. The summed E-state index contributed by atoms with van der Waals surface area (Å²) < 4.78 is 5.88. The van der Waals surface area contributed by atoms with Crippen molar-refractivity contribution in [3.63, 3.8) is 0 Å². The number of hydrazine groups is 1. The smallest absolute Gasteiger partial charge is 0.0862 e. The van der Waals surface area contributed by atoms with Crippen molar-refractivity contribution in [2.24, 2.45) is 5.84 Å². The van der Waals surface area contributed by atoms with Gasteiger partial charge in [-0.05, 0) is 36.8 Å². The van der Waals surface area contributed by atoms with Crippen LogP contribution in [-0.4, -0.2) is 12.2 Å². The SMILES string of the molecule is CC(C)c1ccc(C(NN)C2(C)CCCO2)cc1. The van der Waals surface area contributed by atoms with Crippen molar-refractivity contribution in [1.29, 1.82) is 0 Å². The Kier molecular flexibility index (Phi) is 4.05. The molecule has 100 valence electrons. The molecule has 0 saturated carbocycles. The maximum atomic E-state index is 5.88. The van der Waals surface area contributed by atoms with E-state index in [1.165, 1.54) is 11.1 Å². The summed E-state index contributed by atoms with van der Waals surface area (Å²) in [6.45, 7) is 7.38. The van der Waals surface area contributed by atoms with Crippen LogP contribution in [0.5, 0.6) is 0 Å². The summed E-state index contributed by atoms with van der Waals surface area (Å²) in [6, 6.07) is 8.74. The van der Waals surface area contributed by atoms with Gasteiger partial charge in [0.1, 0.15) is 0 Å². The predicted octanol–water partition coefficient (Wildman–Crippen LogP) is 2.88. The third-order valence-corrected chi connectivity index (χ3v) is 3.96. The first-order chi connectivity index (χ1) is 8.57. The van der Waals surface area contributed by atoms with Gasteiger partial charge in [-0.25, -0.2) is 0 Å². The molecule has 0 spiro atoms. The molecule has 0 aromatic heterocycles. The van der Waals surface area contributed by atoms with Crippen LogP contribution in [0.2, 0.25) is 0 Å². The van der Waals surface area contributed by atoms with Crippen molar-refractivity contribution in [3.05, 3.63) is 35.4 Å². The van der Waals surface area contributed by atoms with Crippen molar-refractivity contribution < 1.29 is 4.74 Å². The van der Waals surface area contributed by atoms with E-state index in [9.17, 15) is 0 Å². The van der Waals surface area contributed by atoms with E-state index in [-0.39, 0.29) is 11.6 Å². The van der Waals surface area contributed by atoms with Gasteiger partial charge in [0.15, 0.2) is 0 Å². The monoisotopic (exact) mass is 248 g/mol. The minimum atomic E-state index is -0.186. The third-order valence-electron chi connectivity index (χ3n) is 3.96. The van der Waals surface area contributed by atoms with Crippen LogP contribution in [0.4, 0.5) is 0 Å². The Bertz CT molecular complexity index is 380. The van der Waals surface area contributed by atoms with E-state index in [1.807, 2.05) is 0 Å². The largest absolute Gasteiger partial charge is 0.373 e. The van der Waals surface area contributed by atoms with E-state index in [0.29, 0.717) is 5.92 Å². The molecule has 0 amide bonds. The van der Waals surface area contributed by atoms with Gasteiger partial charge in [-0.15, -0.1) is 0 Å². The number of nitrogens with one attached hydrogen (secondary N) is 1. The van der Waals surface area contributed by atoms with Gasteiger partial charge in [0, 0.05) is 6.61 Å². The van der Waals surface area contributed by atoms with Gasteiger partial charge in [0.05, 0.1) is 11.6 Å². The van der Waals surface area contributed by atoms with Crippen LogP contribution in [0.25, 0.3) is 0 Å². The van der Waals surface area contributed by atoms with E-state index in [2.05, 4.69) is 50.5 Å². The van der Waals surface area contributed by atoms with Crippen LogP contribution in [0.15, 0.2) is 24.3 Å². The van der Waals surface area contributed by atoms with E-state index in [1.54, 1.807) is 0 Å². The highest BCUT2D eigenvalue weighted by Gasteiger charge is 2.38. The molecule has 18 heavy (non-hydrogen) atoms. The van der Waals surface area contributed by atoms with Gasteiger partial charge >= 0.3 is 0 Å². The van der Waals surface area contributed by atoms with Crippen molar-refractivity contribution in [2.75, 3.05) is 6.61 Å². The predicted molar refractivity (Wildman–Crippen MR) is 74.2 cm³/mol. The number of hydrogen-bond acceptors (Lipinski definition) is 3. The van der Waals surface area contributed by atoms with E-state index >= 15 is 0 Å². The molecule has 2 unspecified atom stereocenters. The molecule has 0 bridgehead atoms. The first-order valence-corrected chi connectivity index (χ1v) is 6.77. The fraction of sp³-hybridized carbons (Fsp3) is 0.600. The summed E-state index contributed by atoms with van der Waals surface area (Å²) in [4.78, 5) is 0. The van der Waals surface area contributed by atoms with Crippen LogP contribution < -0.4 is 11.3 Å². The fourth-order valence-electron chi connectivity index (χ4n) is 2.73. The molecule has 3 heteroatoms. The summed E-state index contributed by atoms with van der Waals surface area (Å²) in [5, 5.41) is 0. The molecule has 2 rings (SSSR count). The molecule has 0 radical (unpaired) electrons. The summed E-state index contributed by atoms with van der Waals surface area (Å²) in [6.07, 6.45) is 2.16. The highest BCUT2D eigenvalue weighted by Crippen LogP contribution is 2.37. The number of hydrogen-bond donors (Lipinski definition) is 2. The Labute approximate surface area is 110 Å². The lowest BCUT2D eigenvalue weighted by Crippen LogP contribution is -2.44. The van der Waals surface area contributed by atoms with Gasteiger partial charge in [-0.1, -0.05) is 38.1 Å². The number of rotatable bonds is 4. The Morgan fingerprint density at radius 2 is 1.83 bits per heavy atom. The van der Waals surface area contributed by atoms with Gasteiger partial charge in [0.25, 0.3) is 0 Å². The molecule has 1 heterocycles. The van der Waals surface area contributed by atoms with Gasteiger partial charge in [0.2, 0.25) is 0 Å². The topological polar surface area (TPSA) is 47.3 Å². The quantitative estimate of drug-likeness (QED) is 0.636. The van der Waals surface area contributed by atoms with Crippen LogP contribution in [0, 0.1) is 0 Å². The first kappa shape index (κ1) is 13.5. The molecule has 1 aromatic rings. The Hall–Kier alpha value is -0.900. The molecule has 1 fully saturated rings. The highest BCUT2D eigenvalue weighted by atomic mass is 16.5. The maximum absolute atomic E-state index is 5.88. The maximum Gasteiger partial charge on any atom is 0.0862 e. The van der Waals surface area contributed by atoms with Crippen molar-refractivity contribution in [2.45, 2.75) is 51.2 Å². The second-order valence-corrected chi connectivity index (χ2v) is 5.69. The Morgan fingerprint density at radius 1 is 1.22 bits per heavy atom. The lowest BCUT2D eigenvalue weighted by atomic mass is 9.87. The Morgan fingerprint density at radius 3 is 2.28 bits per heavy atom. The Balaban J connectivity index is 2.22. The molecule has 0 aliphatic carbocycles. The van der Waals surface area contributed by atoms with Gasteiger partial charge in [-0.2, -0.15) is 0 Å². The molecular formula is C15H24N2O. The number of benzene rings is 1. The minimum Gasteiger partial charge on any atom is -0.373 e. The molecule has 3 nitrogen and oxygen atoms in total. The number of nitrogens with two attached hydrogens (primary N) is 1. The van der Waals surface area contributed by atoms with Gasteiger partial charge < -0.3 is 4.74 Å². The zero-order chi connectivity index (χ0) is 13.2. The van der Waals surface area contributed by atoms with E-state index in [4.69, 9.17) is 10.6 Å². The summed E-state index contributed by atoms with van der Waals surface area (Å²) >= 11 is 0. The molecular weight excluding hydrogens is 224 g/mol. The van der Waals surface area contributed by atoms with E-state index < -0.39 is 0 Å². The normalized spacial score (nSPS) is 25.6.